The van der Waals surface area contributed by atoms with E-state index in [1.165, 1.54) is 13.4 Å². The van der Waals surface area contributed by atoms with Gasteiger partial charge in [-0.15, -0.1) is 0 Å². The average Bonchev–Trinajstić information content (AvgIpc) is 3.31. The largest absolute Gasteiger partial charge is 0.495 e. The zero-order valence-electron chi connectivity index (χ0n) is 16.4. The third-order valence-electron chi connectivity index (χ3n) is 4.22. The van der Waals surface area contributed by atoms with Gasteiger partial charge in [0, 0.05) is 34.9 Å². The number of amides is 2. The van der Waals surface area contributed by atoms with Gasteiger partial charge in [0.2, 0.25) is 0 Å². The summed E-state index contributed by atoms with van der Waals surface area (Å²) in [5, 5.41) is 13.3. The molecule has 0 bridgehead atoms. The fraction of sp³-hybridized carbons (Fsp3) is 0.0476. The highest BCUT2D eigenvalue weighted by atomic mass is 35.5. The van der Waals surface area contributed by atoms with Gasteiger partial charge in [0.1, 0.15) is 17.9 Å². The molecule has 0 aliphatic carbocycles. The maximum Gasteiger partial charge on any atom is 0.323 e. The summed E-state index contributed by atoms with van der Waals surface area (Å²) in [6, 6.07) is 15.4. The first kappa shape index (κ1) is 20.2. The highest BCUT2D eigenvalue weighted by Crippen LogP contribution is 2.28. The lowest BCUT2D eigenvalue weighted by atomic mass is 10.2. The van der Waals surface area contributed by atoms with Gasteiger partial charge < -0.3 is 20.7 Å². The first-order valence-corrected chi connectivity index (χ1v) is 9.59. The van der Waals surface area contributed by atoms with Crippen molar-refractivity contribution < 1.29 is 9.53 Å². The van der Waals surface area contributed by atoms with Crippen LogP contribution in [0.3, 0.4) is 0 Å². The topological polar surface area (TPSA) is 106 Å². The van der Waals surface area contributed by atoms with Crippen LogP contribution in [0.2, 0.25) is 5.02 Å². The highest BCUT2D eigenvalue weighted by molar-refractivity contribution is 6.31. The van der Waals surface area contributed by atoms with Crippen molar-refractivity contribution in [3.05, 3.63) is 78.3 Å². The molecule has 10 heteroatoms. The standard InChI is InChI=1S/C21H18ClN7O2/c1-31-18-8-3-14(22)11-17(18)28-21(30)27-16-6-4-15(5-7-16)26-19-12-20(24-13-23-19)29-10-2-9-25-29/h2-13H,1H3,(H,23,24,26)(H2,27,28,30). The van der Waals surface area contributed by atoms with E-state index in [1.54, 1.807) is 53.5 Å². The lowest BCUT2D eigenvalue weighted by Gasteiger charge is -2.12. The van der Waals surface area contributed by atoms with Crippen LogP contribution >= 0.6 is 11.6 Å². The Kier molecular flexibility index (Phi) is 5.95. The maximum absolute atomic E-state index is 12.3. The van der Waals surface area contributed by atoms with Crippen molar-refractivity contribution in [3.8, 4) is 11.6 Å². The van der Waals surface area contributed by atoms with Crippen LogP contribution in [-0.4, -0.2) is 32.9 Å². The number of nitrogens with one attached hydrogen (secondary N) is 3. The Bertz CT molecular complexity index is 1180. The quantitative estimate of drug-likeness (QED) is 0.405. The molecule has 156 valence electrons. The van der Waals surface area contributed by atoms with E-state index in [1.807, 2.05) is 18.2 Å². The second-order valence-corrected chi connectivity index (χ2v) is 6.77. The van der Waals surface area contributed by atoms with E-state index in [0.717, 1.165) is 5.69 Å². The summed E-state index contributed by atoms with van der Waals surface area (Å²) < 4.78 is 6.88. The number of nitrogens with zero attached hydrogens (tertiary/aromatic N) is 4. The van der Waals surface area contributed by atoms with Crippen LogP contribution in [0.5, 0.6) is 5.75 Å². The van der Waals surface area contributed by atoms with Crippen molar-refractivity contribution in [1.82, 2.24) is 19.7 Å². The maximum atomic E-state index is 12.3. The molecule has 4 aromatic rings. The molecule has 0 aliphatic rings. The Labute approximate surface area is 183 Å². The average molecular weight is 436 g/mol. The van der Waals surface area contributed by atoms with E-state index < -0.39 is 6.03 Å². The van der Waals surface area contributed by atoms with E-state index in [2.05, 4.69) is 31.0 Å². The van der Waals surface area contributed by atoms with Gasteiger partial charge in [-0.3, -0.25) is 0 Å². The predicted molar refractivity (Wildman–Crippen MR) is 120 cm³/mol. The Morgan fingerprint density at radius 3 is 2.58 bits per heavy atom. The zero-order chi connectivity index (χ0) is 21.6. The number of urea groups is 1. The molecule has 2 amide bonds. The van der Waals surface area contributed by atoms with Crippen molar-refractivity contribution in [3.63, 3.8) is 0 Å². The number of ether oxygens (including phenoxy) is 1. The molecule has 0 atom stereocenters. The van der Waals surface area contributed by atoms with E-state index in [0.29, 0.717) is 33.8 Å². The molecule has 0 unspecified atom stereocenters. The number of rotatable bonds is 6. The van der Waals surface area contributed by atoms with E-state index in [9.17, 15) is 4.79 Å². The summed E-state index contributed by atoms with van der Waals surface area (Å²) in [5.41, 5.74) is 1.89. The molecule has 0 radical (unpaired) electrons. The third-order valence-corrected chi connectivity index (χ3v) is 4.45. The highest BCUT2D eigenvalue weighted by Gasteiger charge is 2.09. The minimum atomic E-state index is -0.416. The first-order valence-electron chi connectivity index (χ1n) is 9.21. The van der Waals surface area contributed by atoms with Gasteiger partial charge in [-0.1, -0.05) is 11.6 Å². The summed E-state index contributed by atoms with van der Waals surface area (Å²) in [7, 11) is 1.52. The minimum Gasteiger partial charge on any atom is -0.495 e. The number of halogens is 1. The van der Waals surface area contributed by atoms with Crippen molar-refractivity contribution in [2.45, 2.75) is 0 Å². The molecule has 2 heterocycles. The van der Waals surface area contributed by atoms with Gasteiger partial charge >= 0.3 is 6.03 Å². The number of aromatic nitrogens is 4. The van der Waals surface area contributed by atoms with Crippen LogP contribution in [-0.2, 0) is 0 Å². The van der Waals surface area contributed by atoms with Gasteiger partial charge in [-0.2, -0.15) is 5.10 Å². The lowest BCUT2D eigenvalue weighted by molar-refractivity contribution is 0.262. The molecule has 0 saturated carbocycles. The third kappa shape index (κ3) is 5.09. The Morgan fingerprint density at radius 2 is 1.84 bits per heavy atom. The van der Waals surface area contributed by atoms with Gasteiger partial charge in [0.05, 0.1) is 12.8 Å². The van der Waals surface area contributed by atoms with E-state index in [4.69, 9.17) is 16.3 Å². The fourth-order valence-electron chi connectivity index (χ4n) is 2.79. The number of methoxy groups -OCH3 is 1. The number of carbonyl (C=O) groups excluding carboxylic acids is 1. The number of hydrogen-bond donors (Lipinski definition) is 3. The molecule has 3 N–H and O–H groups in total. The smallest absolute Gasteiger partial charge is 0.323 e. The van der Waals surface area contributed by atoms with Crippen LogP contribution < -0.4 is 20.7 Å². The van der Waals surface area contributed by atoms with Crippen molar-refractivity contribution in [1.29, 1.82) is 0 Å². The summed E-state index contributed by atoms with van der Waals surface area (Å²) >= 11 is 5.99. The van der Waals surface area contributed by atoms with Gasteiger partial charge in [-0.25, -0.2) is 19.4 Å². The number of carbonyl (C=O) groups is 1. The molecule has 2 aromatic carbocycles. The summed E-state index contributed by atoms with van der Waals surface area (Å²) in [6.45, 7) is 0. The first-order chi connectivity index (χ1) is 15.1. The second-order valence-electron chi connectivity index (χ2n) is 6.34. The van der Waals surface area contributed by atoms with Crippen LogP contribution in [0.15, 0.2) is 73.3 Å². The Hall–Kier alpha value is -4.11. The normalized spacial score (nSPS) is 10.4. The molecule has 0 fully saturated rings. The molecule has 0 spiro atoms. The molecule has 0 saturated heterocycles. The molecule has 2 aromatic heterocycles. The summed E-state index contributed by atoms with van der Waals surface area (Å²) in [5.74, 6) is 1.78. The molecular weight excluding hydrogens is 418 g/mol. The number of benzene rings is 2. The van der Waals surface area contributed by atoms with Crippen LogP contribution in [0, 0.1) is 0 Å². The van der Waals surface area contributed by atoms with Crippen LogP contribution in [0.25, 0.3) is 5.82 Å². The van der Waals surface area contributed by atoms with Gasteiger partial charge in [-0.05, 0) is 48.5 Å². The SMILES string of the molecule is COc1ccc(Cl)cc1NC(=O)Nc1ccc(Nc2cc(-n3cccn3)ncn2)cc1. The molecule has 9 nitrogen and oxygen atoms in total. The van der Waals surface area contributed by atoms with Gasteiger partial charge in [0.25, 0.3) is 0 Å². The zero-order valence-corrected chi connectivity index (χ0v) is 17.2. The second kappa shape index (κ2) is 9.14. The minimum absolute atomic E-state index is 0.416. The summed E-state index contributed by atoms with van der Waals surface area (Å²) in [4.78, 5) is 20.7. The Balaban J connectivity index is 1.39. The Morgan fingerprint density at radius 1 is 1.03 bits per heavy atom. The molecule has 0 aliphatic heterocycles. The van der Waals surface area contributed by atoms with Crippen molar-refractivity contribution in [2.75, 3.05) is 23.1 Å². The van der Waals surface area contributed by atoms with Crippen molar-refractivity contribution in [2.24, 2.45) is 0 Å². The van der Waals surface area contributed by atoms with E-state index >= 15 is 0 Å². The van der Waals surface area contributed by atoms with Gasteiger partial charge in [0.15, 0.2) is 5.82 Å². The number of anilines is 4. The fourth-order valence-corrected chi connectivity index (χ4v) is 2.96. The van der Waals surface area contributed by atoms with E-state index in [-0.39, 0.29) is 0 Å². The van der Waals surface area contributed by atoms with Crippen LogP contribution in [0.4, 0.5) is 27.7 Å². The monoisotopic (exact) mass is 435 g/mol. The summed E-state index contributed by atoms with van der Waals surface area (Å²) in [6.07, 6.45) is 4.94. The molecular formula is C21H18ClN7O2. The lowest BCUT2D eigenvalue weighted by Crippen LogP contribution is -2.19. The van der Waals surface area contributed by atoms with Crippen LogP contribution in [0.1, 0.15) is 0 Å². The molecule has 31 heavy (non-hydrogen) atoms. The predicted octanol–water partition coefficient (Wildman–Crippen LogP) is 4.71. The van der Waals surface area contributed by atoms with Crippen molar-refractivity contribution >= 4 is 40.5 Å². The molecule has 4 rings (SSSR count). The number of hydrogen-bond acceptors (Lipinski definition) is 6.